The first kappa shape index (κ1) is 18.9. The number of fused-ring (bicyclic) bond motifs is 1. The number of amides is 3. The van der Waals surface area contributed by atoms with E-state index in [-0.39, 0.29) is 24.4 Å². The highest BCUT2D eigenvalue weighted by molar-refractivity contribution is 6.18. The third kappa shape index (κ3) is 4.27. The average molecular weight is 402 g/mol. The van der Waals surface area contributed by atoms with Crippen molar-refractivity contribution in [1.29, 1.82) is 0 Å². The van der Waals surface area contributed by atoms with Crippen LogP contribution in [-0.2, 0) is 4.79 Å². The van der Waals surface area contributed by atoms with Gasteiger partial charge >= 0.3 is 6.03 Å². The summed E-state index contributed by atoms with van der Waals surface area (Å²) in [6.45, 7) is 2.23. The first-order valence-electron chi connectivity index (χ1n) is 8.49. The minimum Gasteiger partial charge on any atom is -0.486 e. The Kier molecular flexibility index (Phi) is 6.32. The fraction of sp³-hybridized carbons (Fsp3) is 0.529. The van der Waals surface area contributed by atoms with E-state index in [1.54, 1.807) is 21.9 Å². The molecule has 0 aromatic heterocycles. The van der Waals surface area contributed by atoms with E-state index in [0.717, 1.165) is 5.69 Å². The molecule has 9 heteroatoms. The summed E-state index contributed by atoms with van der Waals surface area (Å²) < 4.78 is 11.1. The van der Waals surface area contributed by atoms with Crippen LogP contribution in [-0.4, -0.2) is 67.5 Å². The van der Waals surface area contributed by atoms with Crippen LogP contribution in [0.4, 0.5) is 10.5 Å². The number of carbonyl (C=O) groups is 2. The maximum Gasteiger partial charge on any atom is 0.317 e. The number of hydrogen-bond donors (Lipinski definition) is 1. The zero-order valence-electron chi connectivity index (χ0n) is 14.2. The van der Waals surface area contributed by atoms with Gasteiger partial charge in [0, 0.05) is 49.6 Å². The van der Waals surface area contributed by atoms with Crippen LogP contribution in [0.5, 0.6) is 11.5 Å². The number of nitrogens with zero attached hydrogens (tertiary/aromatic N) is 2. The van der Waals surface area contributed by atoms with Gasteiger partial charge in [-0.15, -0.1) is 23.2 Å². The van der Waals surface area contributed by atoms with Crippen molar-refractivity contribution in [3.63, 3.8) is 0 Å². The quantitative estimate of drug-likeness (QED) is 0.740. The topological polar surface area (TPSA) is 71.1 Å². The van der Waals surface area contributed by atoms with E-state index in [1.807, 2.05) is 6.07 Å². The van der Waals surface area contributed by atoms with Crippen LogP contribution in [0.3, 0.4) is 0 Å². The van der Waals surface area contributed by atoms with E-state index >= 15 is 0 Å². The van der Waals surface area contributed by atoms with Gasteiger partial charge in [0.1, 0.15) is 13.2 Å². The summed E-state index contributed by atoms with van der Waals surface area (Å²) in [7, 11) is 0. The highest BCUT2D eigenvalue weighted by Crippen LogP contribution is 2.35. The van der Waals surface area contributed by atoms with E-state index in [0.29, 0.717) is 56.1 Å². The number of hydrogen-bond acceptors (Lipinski definition) is 4. The van der Waals surface area contributed by atoms with Crippen molar-refractivity contribution in [3.05, 3.63) is 18.2 Å². The van der Waals surface area contributed by atoms with Gasteiger partial charge in [0.25, 0.3) is 0 Å². The van der Waals surface area contributed by atoms with Gasteiger partial charge in [-0.3, -0.25) is 4.79 Å². The lowest BCUT2D eigenvalue weighted by molar-refractivity contribution is -0.117. The summed E-state index contributed by atoms with van der Waals surface area (Å²) in [4.78, 5) is 28.0. The molecule has 0 aliphatic carbocycles. The largest absolute Gasteiger partial charge is 0.486 e. The molecule has 26 heavy (non-hydrogen) atoms. The molecule has 0 unspecified atom stereocenters. The molecule has 0 bridgehead atoms. The van der Waals surface area contributed by atoms with Gasteiger partial charge in [-0.05, 0) is 12.1 Å². The van der Waals surface area contributed by atoms with E-state index in [1.165, 1.54) is 0 Å². The van der Waals surface area contributed by atoms with Gasteiger partial charge < -0.3 is 24.6 Å². The molecule has 1 atom stereocenters. The Morgan fingerprint density at radius 1 is 1.19 bits per heavy atom. The normalized spacial score (nSPS) is 18.8. The molecule has 1 aromatic rings. The summed E-state index contributed by atoms with van der Waals surface area (Å²) in [5.74, 6) is 1.92. The lowest BCUT2D eigenvalue weighted by Crippen LogP contribution is -2.47. The van der Waals surface area contributed by atoms with Crippen LogP contribution in [0.1, 0.15) is 6.42 Å². The molecular formula is C17H21Cl2N3O4. The predicted octanol–water partition coefficient (Wildman–Crippen LogP) is 2.05. The highest BCUT2D eigenvalue weighted by atomic mass is 35.5. The molecule has 0 radical (unpaired) electrons. The Balaban J connectivity index is 1.64. The first-order valence-corrected chi connectivity index (χ1v) is 9.56. The standard InChI is InChI=1S/C17H21Cl2N3O4/c18-3-5-21(6-4-19)17(24)20-12-9-16(23)22(11-12)13-1-2-14-15(10-13)26-8-7-25-14/h1-2,10,12H,3-9,11H2,(H,20,24)/t12-/m1/s1. The van der Waals surface area contributed by atoms with Crippen molar-refractivity contribution in [1.82, 2.24) is 10.2 Å². The smallest absolute Gasteiger partial charge is 0.317 e. The average Bonchev–Trinajstić information content (AvgIpc) is 3.01. The van der Waals surface area contributed by atoms with Gasteiger partial charge in [-0.2, -0.15) is 0 Å². The minimum atomic E-state index is -0.267. The van der Waals surface area contributed by atoms with Crippen LogP contribution in [0.15, 0.2) is 18.2 Å². The zero-order chi connectivity index (χ0) is 18.5. The molecule has 3 rings (SSSR count). The molecule has 1 N–H and O–H groups in total. The Morgan fingerprint density at radius 3 is 2.58 bits per heavy atom. The molecule has 2 aliphatic heterocycles. The van der Waals surface area contributed by atoms with E-state index in [4.69, 9.17) is 32.7 Å². The maximum absolute atomic E-state index is 12.4. The molecule has 2 aliphatic rings. The van der Waals surface area contributed by atoms with Crippen LogP contribution in [0.25, 0.3) is 0 Å². The monoisotopic (exact) mass is 401 g/mol. The third-order valence-corrected chi connectivity index (χ3v) is 4.62. The molecule has 2 heterocycles. The predicted molar refractivity (Wildman–Crippen MR) is 99.7 cm³/mol. The Labute approximate surface area is 162 Å². The van der Waals surface area contributed by atoms with Gasteiger partial charge in [0.05, 0.1) is 6.04 Å². The molecule has 3 amide bonds. The summed E-state index contributed by atoms with van der Waals surface area (Å²) in [5.41, 5.74) is 0.731. The van der Waals surface area contributed by atoms with Crippen molar-refractivity contribution in [3.8, 4) is 11.5 Å². The number of anilines is 1. The second-order valence-corrected chi connectivity index (χ2v) is 6.80. The first-order chi connectivity index (χ1) is 12.6. The Bertz CT molecular complexity index is 667. The van der Waals surface area contributed by atoms with Gasteiger partial charge in [-0.1, -0.05) is 0 Å². The fourth-order valence-electron chi connectivity index (χ4n) is 3.04. The lowest BCUT2D eigenvalue weighted by atomic mass is 10.2. The molecular weight excluding hydrogens is 381 g/mol. The molecule has 0 saturated carbocycles. The minimum absolute atomic E-state index is 0.0479. The molecule has 1 fully saturated rings. The number of alkyl halides is 2. The Hall–Kier alpha value is -1.86. The number of rotatable bonds is 6. The van der Waals surface area contributed by atoms with Crippen LogP contribution >= 0.6 is 23.2 Å². The number of halogens is 2. The SMILES string of the molecule is O=C(N[C@@H]1CC(=O)N(c2ccc3c(c2)OCCO3)C1)N(CCCl)CCCl. The zero-order valence-corrected chi connectivity index (χ0v) is 15.8. The summed E-state index contributed by atoms with van der Waals surface area (Å²) in [6, 6.07) is 4.89. The number of ether oxygens (including phenoxy) is 2. The molecule has 0 spiro atoms. The fourth-order valence-corrected chi connectivity index (χ4v) is 3.45. The van der Waals surface area contributed by atoms with E-state index in [9.17, 15) is 9.59 Å². The summed E-state index contributed by atoms with van der Waals surface area (Å²) in [5, 5.41) is 2.89. The summed E-state index contributed by atoms with van der Waals surface area (Å²) >= 11 is 11.5. The van der Waals surface area contributed by atoms with Crippen LogP contribution < -0.4 is 19.7 Å². The van der Waals surface area contributed by atoms with Crippen LogP contribution in [0.2, 0.25) is 0 Å². The van der Waals surface area contributed by atoms with E-state index in [2.05, 4.69) is 5.32 Å². The van der Waals surface area contributed by atoms with Crippen molar-refractivity contribution in [2.75, 3.05) is 49.5 Å². The molecule has 142 valence electrons. The second kappa shape index (κ2) is 8.68. The summed E-state index contributed by atoms with van der Waals surface area (Å²) in [6.07, 6.45) is 0.246. The van der Waals surface area contributed by atoms with Crippen molar-refractivity contribution in [2.45, 2.75) is 12.5 Å². The second-order valence-electron chi connectivity index (χ2n) is 6.05. The number of benzene rings is 1. The number of carbonyl (C=O) groups excluding carboxylic acids is 2. The van der Waals surface area contributed by atoms with Crippen LogP contribution in [0, 0.1) is 0 Å². The number of urea groups is 1. The van der Waals surface area contributed by atoms with Crippen molar-refractivity contribution >= 4 is 40.8 Å². The highest BCUT2D eigenvalue weighted by Gasteiger charge is 2.33. The lowest BCUT2D eigenvalue weighted by Gasteiger charge is -2.24. The van der Waals surface area contributed by atoms with Crippen molar-refractivity contribution < 1.29 is 19.1 Å². The van der Waals surface area contributed by atoms with Gasteiger partial charge in [0.2, 0.25) is 5.91 Å². The maximum atomic E-state index is 12.4. The number of nitrogens with one attached hydrogen (secondary N) is 1. The van der Waals surface area contributed by atoms with Gasteiger partial charge in [0.15, 0.2) is 11.5 Å². The molecule has 1 aromatic carbocycles. The molecule has 1 saturated heterocycles. The van der Waals surface area contributed by atoms with E-state index < -0.39 is 0 Å². The van der Waals surface area contributed by atoms with Gasteiger partial charge in [-0.25, -0.2) is 4.79 Å². The third-order valence-electron chi connectivity index (χ3n) is 4.29. The van der Waals surface area contributed by atoms with Crippen molar-refractivity contribution in [2.24, 2.45) is 0 Å². The Morgan fingerprint density at radius 2 is 1.88 bits per heavy atom. The molecule has 7 nitrogen and oxygen atoms in total.